The van der Waals surface area contributed by atoms with Crippen molar-refractivity contribution in [2.24, 2.45) is 7.05 Å². The van der Waals surface area contributed by atoms with Crippen LogP contribution in [0.1, 0.15) is 45.6 Å². The van der Waals surface area contributed by atoms with Crippen molar-refractivity contribution in [2.45, 2.75) is 39.2 Å². The summed E-state index contributed by atoms with van der Waals surface area (Å²) in [5.41, 5.74) is 4.30. The first-order valence-electron chi connectivity index (χ1n) is 7.65. The van der Waals surface area contributed by atoms with Crippen LogP contribution in [0.3, 0.4) is 0 Å². The summed E-state index contributed by atoms with van der Waals surface area (Å²) in [7, 11) is 1.49. The molecule has 2 aromatic rings. The zero-order chi connectivity index (χ0) is 15.7. The summed E-state index contributed by atoms with van der Waals surface area (Å²) in [6.07, 6.45) is 4.58. The van der Waals surface area contributed by atoms with Gasteiger partial charge >= 0.3 is 0 Å². The third-order valence-electron chi connectivity index (χ3n) is 4.31. The number of rotatable bonds is 3. The fourth-order valence-electron chi connectivity index (χ4n) is 3.18. The molecule has 0 aliphatic heterocycles. The van der Waals surface area contributed by atoms with E-state index in [1.807, 2.05) is 12.1 Å². The molecule has 0 unspecified atom stereocenters. The van der Waals surface area contributed by atoms with E-state index in [1.54, 1.807) is 6.92 Å². The van der Waals surface area contributed by atoms with E-state index in [9.17, 15) is 9.18 Å². The summed E-state index contributed by atoms with van der Waals surface area (Å²) in [4.78, 5) is 12.2. The number of aryl methyl sites for hydroxylation is 3. The maximum Gasteiger partial charge on any atom is 0.258 e. The zero-order valence-corrected chi connectivity index (χ0v) is 12.9. The quantitative estimate of drug-likeness (QED) is 0.947. The van der Waals surface area contributed by atoms with Crippen LogP contribution >= 0.6 is 0 Å². The van der Waals surface area contributed by atoms with E-state index in [-0.39, 0.29) is 5.56 Å². The van der Waals surface area contributed by atoms with E-state index in [4.69, 9.17) is 0 Å². The van der Waals surface area contributed by atoms with Gasteiger partial charge in [0.2, 0.25) is 5.95 Å². The molecule has 1 aliphatic carbocycles. The second kappa shape index (κ2) is 5.91. The minimum absolute atomic E-state index is 0.0345. The molecule has 0 spiro atoms. The van der Waals surface area contributed by atoms with Crippen LogP contribution < -0.4 is 5.32 Å². The number of benzene rings is 1. The molecule has 0 bridgehead atoms. The van der Waals surface area contributed by atoms with Gasteiger partial charge in [0, 0.05) is 13.6 Å². The van der Waals surface area contributed by atoms with E-state index in [1.165, 1.54) is 31.0 Å². The Balaban J connectivity index is 1.77. The summed E-state index contributed by atoms with van der Waals surface area (Å²) in [5.74, 6) is -0.999. The Morgan fingerprint density at radius 3 is 2.86 bits per heavy atom. The highest BCUT2D eigenvalue weighted by molar-refractivity contribution is 5.95. The molecule has 0 atom stereocenters. The molecule has 4 nitrogen and oxygen atoms in total. The maximum atomic E-state index is 13.9. The topological polar surface area (TPSA) is 46.9 Å². The Kier molecular flexibility index (Phi) is 3.96. The predicted molar refractivity (Wildman–Crippen MR) is 82.2 cm³/mol. The molecule has 1 aromatic heterocycles. The molecule has 0 radical (unpaired) electrons. The van der Waals surface area contributed by atoms with Crippen LogP contribution in [0, 0.1) is 12.9 Å². The number of halogens is 1. The Hall–Kier alpha value is -2.17. The van der Waals surface area contributed by atoms with E-state index >= 15 is 0 Å². The van der Waals surface area contributed by atoms with E-state index in [2.05, 4.69) is 16.5 Å². The first-order chi connectivity index (χ1) is 10.6. The molecule has 5 heteroatoms. The number of hydrogen-bond donors (Lipinski definition) is 1. The third-order valence-corrected chi connectivity index (χ3v) is 4.31. The van der Waals surface area contributed by atoms with Crippen LogP contribution in [-0.2, 0) is 26.4 Å². The van der Waals surface area contributed by atoms with Gasteiger partial charge in [-0.1, -0.05) is 18.2 Å². The second-order valence-electron chi connectivity index (χ2n) is 5.82. The first kappa shape index (κ1) is 14.8. The molecular formula is C17H20FN3O. The Bertz CT molecular complexity index is 721. The van der Waals surface area contributed by atoms with Gasteiger partial charge < -0.3 is 5.32 Å². The lowest BCUT2D eigenvalue weighted by atomic mass is 9.88. The smallest absolute Gasteiger partial charge is 0.258 e. The number of fused-ring (bicyclic) bond motifs is 1. The summed E-state index contributed by atoms with van der Waals surface area (Å²) in [6, 6.07) is 6.23. The van der Waals surface area contributed by atoms with Gasteiger partial charge in [-0.25, -0.2) is 4.68 Å². The number of amides is 1. The van der Waals surface area contributed by atoms with Crippen LogP contribution in [0.25, 0.3) is 0 Å². The van der Waals surface area contributed by atoms with Gasteiger partial charge in [0.1, 0.15) is 5.56 Å². The van der Waals surface area contributed by atoms with Crippen molar-refractivity contribution in [3.63, 3.8) is 0 Å². The van der Waals surface area contributed by atoms with Gasteiger partial charge in [-0.05, 0) is 49.3 Å². The molecule has 1 N–H and O–H groups in total. The van der Waals surface area contributed by atoms with Crippen molar-refractivity contribution in [2.75, 3.05) is 0 Å². The fraction of sp³-hybridized carbons (Fsp3) is 0.412. The Morgan fingerprint density at radius 2 is 2.14 bits per heavy atom. The normalized spacial score (nSPS) is 13.8. The lowest BCUT2D eigenvalue weighted by Crippen LogP contribution is -2.25. The van der Waals surface area contributed by atoms with Crippen molar-refractivity contribution in [3.05, 3.63) is 52.1 Å². The number of nitrogens with zero attached hydrogens (tertiary/aromatic N) is 2. The maximum absolute atomic E-state index is 13.9. The molecule has 0 saturated heterocycles. The SMILES string of the molecule is Cc1nn(C)c(F)c1C(=O)NCc1cccc2c1CCCC2. The monoisotopic (exact) mass is 301 g/mol. The van der Waals surface area contributed by atoms with Gasteiger partial charge in [-0.2, -0.15) is 9.49 Å². The highest BCUT2D eigenvalue weighted by atomic mass is 19.1. The minimum atomic E-state index is -0.593. The van der Waals surface area contributed by atoms with Gasteiger partial charge in [0.15, 0.2) is 0 Å². The molecule has 1 aromatic carbocycles. The standard InChI is InChI=1S/C17H20FN3O/c1-11-15(16(18)21(2)20-11)17(22)19-10-13-8-5-7-12-6-3-4-9-14(12)13/h5,7-8H,3-4,6,9-10H2,1-2H3,(H,19,22). The van der Waals surface area contributed by atoms with Crippen LogP contribution in [0.2, 0.25) is 0 Å². The molecule has 116 valence electrons. The van der Waals surface area contributed by atoms with E-state index < -0.39 is 11.9 Å². The van der Waals surface area contributed by atoms with E-state index in [0.717, 1.165) is 23.1 Å². The molecular weight excluding hydrogens is 281 g/mol. The minimum Gasteiger partial charge on any atom is -0.348 e. The summed E-state index contributed by atoms with van der Waals surface area (Å²) < 4.78 is 15.0. The molecule has 1 amide bonds. The van der Waals surface area contributed by atoms with Gasteiger partial charge in [-0.3, -0.25) is 4.79 Å². The van der Waals surface area contributed by atoms with Crippen molar-refractivity contribution in [1.82, 2.24) is 15.1 Å². The van der Waals surface area contributed by atoms with Crippen molar-refractivity contribution < 1.29 is 9.18 Å². The number of carbonyl (C=O) groups excluding carboxylic acids is 1. The predicted octanol–water partition coefficient (Wildman–Crippen LogP) is 2.68. The van der Waals surface area contributed by atoms with Crippen molar-refractivity contribution in [1.29, 1.82) is 0 Å². The number of hydrogen-bond acceptors (Lipinski definition) is 2. The largest absolute Gasteiger partial charge is 0.348 e. The number of carbonyl (C=O) groups is 1. The summed E-state index contributed by atoms with van der Waals surface area (Å²) in [5, 5.41) is 6.77. The van der Waals surface area contributed by atoms with E-state index in [0.29, 0.717) is 12.2 Å². The number of nitrogens with one attached hydrogen (secondary N) is 1. The van der Waals surface area contributed by atoms with Crippen molar-refractivity contribution >= 4 is 5.91 Å². The van der Waals surface area contributed by atoms with Gasteiger partial charge in [0.25, 0.3) is 5.91 Å². The van der Waals surface area contributed by atoms with Crippen molar-refractivity contribution in [3.8, 4) is 0 Å². The molecule has 3 rings (SSSR count). The average Bonchev–Trinajstić information content (AvgIpc) is 2.77. The molecule has 22 heavy (non-hydrogen) atoms. The van der Waals surface area contributed by atoms with Crippen LogP contribution in [0.4, 0.5) is 4.39 Å². The Labute approximate surface area is 129 Å². The fourth-order valence-corrected chi connectivity index (χ4v) is 3.18. The molecule has 0 fully saturated rings. The summed E-state index contributed by atoms with van der Waals surface area (Å²) in [6.45, 7) is 2.07. The Morgan fingerprint density at radius 1 is 1.36 bits per heavy atom. The molecule has 1 aliphatic rings. The summed E-state index contributed by atoms with van der Waals surface area (Å²) >= 11 is 0. The lowest BCUT2D eigenvalue weighted by molar-refractivity contribution is 0.0945. The molecule has 0 saturated carbocycles. The van der Waals surface area contributed by atoms with Crippen LogP contribution in [-0.4, -0.2) is 15.7 Å². The highest BCUT2D eigenvalue weighted by Gasteiger charge is 2.20. The highest BCUT2D eigenvalue weighted by Crippen LogP contribution is 2.24. The van der Waals surface area contributed by atoms with Crippen LogP contribution in [0.5, 0.6) is 0 Å². The van der Waals surface area contributed by atoms with Crippen LogP contribution in [0.15, 0.2) is 18.2 Å². The number of aromatic nitrogens is 2. The average molecular weight is 301 g/mol. The molecule has 1 heterocycles. The first-order valence-corrected chi connectivity index (χ1v) is 7.65. The zero-order valence-electron chi connectivity index (χ0n) is 12.9. The van der Waals surface area contributed by atoms with Gasteiger partial charge in [0.05, 0.1) is 5.69 Å². The van der Waals surface area contributed by atoms with Gasteiger partial charge in [-0.15, -0.1) is 0 Å². The third kappa shape index (κ3) is 2.63. The lowest BCUT2D eigenvalue weighted by Gasteiger charge is -2.19. The second-order valence-corrected chi connectivity index (χ2v) is 5.82.